The second-order valence-electron chi connectivity index (χ2n) is 11.2. The number of hydrogen-bond donors (Lipinski definition) is 7. The summed E-state index contributed by atoms with van der Waals surface area (Å²) in [6, 6.07) is 6.30. The molecule has 1 aromatic rings. The molecule has 2 aliphatic rings. The van der Waals surface area contributed by atoms with Crippen LogP contribution in [0.3, 0.4) is 0 Å². The standard InChI is InChI=1S/C31H44N2O11/c1-2-13-42-14-5-3-4-6-15-43-31(30(40)41)17-23(35)27(33-26(38)19-34)29(44-31)28(39)24(36)18-32-25(37)16-20-7-9-21(10-8-20)22-11-12-22/h1,7-10,22-24,27-29,34-36,39H,3-6,11-19H2,(H,32,37)(H,33,38)(H,40,41)/t23-,24+,27+,28+,29+,31+/m0/s1. The SMILES string of the molecule is C#CCOCCCCCCO[C@]1(C(=O)O)C[C@H](O)[C@@H](NC(=O)CO)[C@H]([C@H](O)[C@H](O)CNC(=O)Cc2ccc(C3CC3)cc2)O1. The molecule has 44 heavy (non-hydrogen) atoms. The topological polar surface area (TPSA) is 204 Å². The number of unbranched alkanes of at least 4 members (excludes halogenated alkanes) is 3. The summed E-state index contributed by atoms with van der Waals surface area (Å²) >= 11 is 0. The Morgan fingerprint density at radius 1 is 1.07 bits per heavy atom. The maximum Gasteiger partial charge on any atom is 0.364 e. The average molecular weight is 621 g/mol. The van der Waals surface area contributed by atoms with E-state index in [4.69, 9.17) is 20.6 Å². The summed E-state index contributed by atoms with van der Waals surface area (Å²) in [5, 5.41) is 56.7. The first-order valence-electron chi connectivity index (χ1n) is 15.0. The van der Waals surface area contributed by atoms with Crippen LogP contribution < -0.4 is 10.6 Å². The number of aliphatic hydroxyl groups excluding tert-OH is 4. The van der Waals surface area contributed by atoms with Gasteiger partial charge < -0.3 is 50.4 Å². The van der Waals surface area contributed by atoms with Gasteiger partial charge in [-0.25, -0.2) is 4.79 Å². The quantitative estimate of drug-likeness (QED) is 0.0782. The number of benzene rings is 1. The smallest absolute Gasteiger partial charge is 0.364 e. The van der Waals surface area contributed by atoms with E-state index in [9.17, 15) is 39.9 Å². The number of nitrogens with one attached hydrogen (secondary N) is 2. The van der Waals surface area contributed by atoms with Crippen molar-refractivity contribution in [3.63, 3.8) is 0 Å². The van der Waals surface area contributed by atoms with Gasteiger partial charge in [0.25, 0.3) is 5.79 Å². The number of ether oxygens (including phenoxy) is 3. The number of amides is 2. The largest absolute Gasteiger partial charge is 0.477 e. The molecule has 244 valence electrons. The number of hydrogen-bond acceptors (Lipinski definition) is 10. The van der Waals surface area contributed by atoms with E-state index in [2.05, 4.69) is 16.6 Å². The Balaban J connectivity index is 1.59. The highest BCUT2D eigenvalue weighted by molar-refractivity contribution is 5.79. The van der Waals surface area contributed by atoms with Gasteiger partial charge in [-0.05, 0) is 42.7 Å². The van der Waals surface area contributed by atoms with Gasteiger partial charge in [0.15, 0.2) is 0 Å². The van der Waals surface area contributed by atoms with E-state index in [1.54, 1.807) is 0 Å². The van der Waals surface area contributed by atoms with Crippen LogP contribution in [-0.2, 0) is 35.0 Å². The highest BCUT2D eigenvalue weighted by atomic mass is 16.7. The number of carbonyl (C=O) groups is 3. The first-order valence-corrected chi connectivity index (χ1v) is 15.0. The number of aliphatic carboxylic acids is 1. The highest BCUT2D eigenvalue weighted by Gasteiger charge is 2.55. The second kappa shape index (κ2) is 17.4. The Kier molecular flexibility index (Phi) is 14.0. The van der Waals surface area contributed by atoms with Crippen LogP contribution in [-0.4, -0.2) is 113 Å². The van der Waals surface area contributed by atoms with E-state index in [1.165, 1.54) is 5.56 Å². The van der Waals surface area contributed by atoms with Crippen molar-refractivity contribution in [1.29, 1.82) is 0 Å². The van der Waals surface area contributed by atoms with Crippen LogP contribution in [0.4, 0.5) is 0 Å². The third kappa shape index (κ3) is 10.5. The van der Waals surface area contributed by atoms with Gasteiger partial charge in [0.1, 0.15) is 25.4 Å². The van der Waals surface area contributed by atoms with Gasteiger partial charge >= 0.3 is 5.97 Å². The number of carbonyl (C=O) groups excluding carboxylic acids is 2. The van der Waals surface area contributed by atoms with Crippen molar-refractivity contribution >= 4 is 17.8 Å². The fourth-order valence-electron chi connectivity index (χ4n) is 5.11. The van der Waals surface area contributed by atoms with Gasteiger partial charge in [-0.15, -0.1) is 6.42 Å². The predicted molar refractivity (Wildman–Crippen MR) is 156 cm³/mol. The number of rotatable bonds is 19. The minimum Gasteiger partial charge on any atom is -0.477 e. The highest BCUT2D eigenvalue weighted by Crippen LogP contribution is 2.40. The lowest BCUT2D eigenvalue weighted by atomic mass is 9.88. The molecule has 1 saturated carbocycles. The minimum atomic E-state index is -2.39. The maximum atomic E-state index is 12.5. The molecule has 1 aromatic carbocycles. The Morgan fingerprint density at radius 3 is 2.36 bits per heavy atom. The summed E-state index contributed by atoms with van der Waals surface area (Å²) in [5.74, 6) is -2.34. The van der Waals surface area contributed by atoms with Crippen molar-refractivity contribution in [2.75, 3.05) is 33.0 Å². The second-order valence-corrected chi connectivity index (χ2v) is 11.2. The zero-order chi connectivity index (χ0) is 32.1. The molecule has 6 atom stereocenters. The third-order valence-corrected chi connectivity index (χ3v) is 7.71. The first-order chi connectivity index (χ1) is 21.1. The maximum absolute atomic E-state index is 12.5. The molecular formula is C31H44N2O11. The molecule has 0 aromatic heterocycles. The van der Waals surface area contributed by atoms with E-state index in [0.717, 1.165) is 31.2 Å². The van der Waals surface area contributed by atoms with Gasteiger partial charge in [-0.2, -0.15) is 0 Å². The fraction of sp³-hybridized carbons (Fsp3) is 0.645. The van der Waals surface area contributed by atoms with Crippen molar-refractivity contribution < 1.29 is 54.1 Å². The number of carboxylic acid groups (broad SMARTS) is 1. The Labute approximate surface area is 256 Å². The van der Waals surface area contributed by atoms with Gasteiger partial charge in [-0.3, -0.25) is 9.59 Å². The van der Waals surface area contributed by atoms with Crippen molar-refractivity contribution in [2.24, 2.45) is 0 Å². The normalized spacial score (nSPS) is 24.6. The lowest BCUT2D eigenvalue weighted by molar-refractivity contribution is -0.310. The average Bonchev–Trinajstić information content (AvgIpc) is 3.86. The Bertz CT molecular complexity index is 1120. The van der Waals surface area contributed by atoms with Crippen LogP contribution in [0.2, 0.25) is 0 Å². The molecule has 1 saturated heterocycles. The minimum absolute atomic E-state index is 0.0372. The van der Waals surface area contributed by atoms with Crippen LogP contribution in [0.25, 0.3) is 0 Å². The first kappa shape index (κ1) is 35.4. The molecule has 0 bridgehead atoms. The number of carboxylic acids is 1. The molecule has 13 nitrogen and oxygen atoms in total. The summed E-state index contributed by atoms with van der Waals surface area (Å²) in [5.41, 5.74) is 2.00. The van der Waals surface area contributed by atoms with Crippen molar-refractivity contribution in [3.8, 4) is 12.3 Å². The van der Waals surface area contributed by atoms with Crippen molar-refractivity contribution in [1.82, 2.24) is 10.6 Å². The molecular weight excluding hydrogens is 576 g/mol. The predicted octanol–water partition coefficient (Wildman–Crippen LogP) is -0.421. The van der Waals surface area contributed by atoms with Crippen molar-refractivity contribution in [2.45, 2.75) is 93.5 Å². The monoisotopic (exact) mass is 620 g/mol. The Morgan fingerprint density at radius 2 is 1.75 bits per heavy atom. The van der Waals surface area contributed by atoms with Crippen molar-refractivity contribution in [3.05, 3.63) is 35.4 Å². The van der Waals surface area contributed by atoms with E-state index in [0.29, 0.717) is 25.4 Å². The van der Waals surface area contributed by atoms with Crippen LogP contribution in [0.1, 0.15) is 62.0 Å². The molecule has 2 fully saturated rings. The molecule has 1 aliphatic heterocycles. The van der Waals surface area contributed by atoms with E-state index < -0.39 is 73.6 Å². The summed E-state index contributed by atoms with van der Waals surface area (Å²) in [7, 11) is 0. The summed E-state index contributed by atoms with van der Waals surface area (Å²) in [6.45, 7) is -0.701. The molecule has 0 spiro atoms. The van der Waals surface area contributed by atoms with Gasteiger partial charge in [0, 0.05) is 19.6 Å². The molecule has 7 N–H and O–H groups in total. The lowest BCUT2D eigenvalue weighted by Crippen LogP contribution is -2.68. The van der Waals surface area contributed by atoms with Gasteiger partial charge in [0.2, 0.25) is 11.8 Å². The third-order valence-electron chi connectivity index (χ3n) is 7.71. The molecule has 0 unspecified atom stereocenters. The van der Waals surface area contributed by atoms with Gasteiger partial charge in [0.05, 0.1) is 31.3 Å². The molecule has 1 aliphatic carbocycles. The lowest BCUT2D eigenvalue weighted by Gasteiger charge is -2.46. The summed E-state index contributed by atoms with van der Waals surface area (Å²) in [4.78, 5) is 36.8. The van der Waals surface area contributed by atoms with Crippen LogP contribution >= 0.6 is 0 Å². The number of terminal acetylenes is 1. The van der Waals surface area contributed by atoms with Crippen LogP contribution in [0, 0.1) is 12.3 Å². The molecule has 2 amide bonds. The van der Waals surface area contributed by atoms with E-state index in [1.807, 2.05) is 24.3 Å². The van der Waals surface area contributed by atoms with E-state index in [-0.39, 0.29) is 19.6 Å². The summed E-state index contributed by atoms with van der Waals surface area (Å²) < 4.78 is 16.5. The number of aliphatic hydroxyl groups is 4. The zero-order valence-electron chi connectivity index (χ0n) is 24.7. The fourth-order valence-corrected chi connectivity index (χ4v) is 5.11. The van der Waals surface area contributed by atoms with E-state index >= 15 is 0 Å². The van der Waals surface area contributed by atoms with Gasteiger partial charge in [-0.1, -0.05) is 43.0 Å². The molecule has 13 heteroatoms. The van der Waals surface area contributed by atoms with Crippen LogP contribution in [0.15, 0.2) is 24.3 Å². The van der Waals surface area contributed by atoms with Crippen LogP contribution in [0.5, 0.6) is 0 Å². The zero-order valence-corrected chi connectivity index (χ0v) is 24.7. The summed E-state index contributed by atoms with van der Waals surface area (Å²) in [6.07, 6.45) is 2.73. The molecule has 1 heterocycles. The molecule has 0 radical (unpaired) electrons. The molecule has 3 rings (SSSR count). The Hall–Kier alpha value is -3.09.